The zero-order chi connectivity index (χ0) is 13.8. The van der Waals surface area contributed by atoms with Crippen molar-refractivity contribution in [1.82, 2.24) is 4.90 Å². The lowest BCUT2D eigenvalue weighted by molar-refractivity contribution is -0.123. The van der Waals surface area contributed by atoms with Gasteiger partial charge in [0.1, 0.15) is 5.78 Å². The quantitative estimate of drug-likeness (QED) is 0.845. The van der Waals surface area contributed by atoms with Gasteiger partial charge >= 0.3 is 0 Å². The van der Waals surface area contributed by atoms with Gasteiger partial charge in [0.25, 0.3) is 0 Å². The average Bonchev–Trinajstić information content (AvgIpc) is 2.49. The van der Waals surface area contributed by atoms with Gasteiger partial charge in [-0.1, -0.05) is 60.7 Å². The fourth-order valence-electron chi connectivity index (χ4n) is 2.93. The van der Waals surface area contributed by atoms with Crippen molar-refractivity contribution in [3.8, 4) is 0 Å². The number of likely N-dealkylation sites (tertiary alicyclic amines) is 1. The predicted molar refractivity (Wildman–Crippen MR) is 80.3 cm³/mol. The Labute approximate surface area is 120 Å². The Morgan fingerprint density at radius 1 is 0.950 bits per heavy atom. The number of nitrogens with zero attached hydrogens (tertiary/aromatic N) is 1. The lowest BCUT2D eigenvalue weighted by atomic mass is 9.94. The highest BCUT2D eigenvalue weighted by molar-refractivity contribution is 5.81. The number of hydrogen-bond donors (Lipinski definition) is 0. The number of carbonyl (C=O) groups excluding carboxylic acids is 1. The third-order valence-electron chi connectivity index (χ3n) is 3.93. The van der Waals surface area contributed by atoms with Gasteiger partial charge in [0.05, 0.1) is 6.54 Å². The molecule has 1 saturated heterocycles. The number of ketones is 1. The summed E-state index contributed by atoms with van der Waals surface area (Å²) in [4.78, 5) is 14.1. The van der Waals surface area contributed by atoms with E-state index in [9.17, 15) is 4.79 Å². The van der Waals surface area contributed by atoms with Gasteiger partial charge in [-0.3, -0.25) is 9.69 Å². The van der Waals surface area contributed by atoms with Crippen molar-refractivity contribution in [3.63, 3.8) is 0 Å². The minimum absolute atomic E-state index is 0.355. The van der Waals surface area contributed by atoms with Crippen molar-refractivity contribution in [2.45, 2.75) is 25.4 Å². The molecule has 2 aromatic carbocycles. The molecule has 0 N–H and O–H groups in total. The molecule has 0 spiro atoms. The molecule has 1 atom stereocenters. The Bertz CT molecular complexity index is 564. The molecule has 2 aromatic rings. The molecular formula is C18H19NO. The molecule has 3 rings (SSSR count). The second kappa shape index (κ2) is 6.02. The molecule has 2 nitrogen and oxygen atoms in total. The molecule has 102 valence electrons. The monoisotopic (exact) mass is 265 g/mol. The molecule has 2 heteroatoms. The number of rotatable bonds is 3. The average molecular weight is 265 g/mol. The Morgan fingerprint density at radius 3 is 2.30 bits per heavy atom. The normalized spacial score (nSPS) is 20.0. The molecular weight excluding hydrogens is 246 g/mol. The zero-order valence-corrected chi connectivity index (χ0v) is 11.5. The van der Waals surface area contributed by atoms with Gasteiger partial charge in [-0.2, -0.15) is 0 Å². The Morgan fingerprint density at radius 2 is 1.60 bits per heavy atom. The van der Waals surface area contributed by atoms with Crippen LogP contribution in [0, 0.1) is 0 Å². The SMILES string of the molecule is O=C1CCC(c2ccccc2)N(Cc2ccccc2)C1. The van der Waals surface area contributed by atoms with Crippen molar-refractivity contribution < 1.29 is 4.79 Å². The Kier molecular flexibility index (Phi) is 3.93. The van der Waals surface area contributed by atoms with Crippen LogP contribution in [-0.4, -0.2) is 17.2 Å². The number of benzene rings is 2. The highest BCUT2D eigenvalue weighted by atomic mass is 16.1. The van der Waals surface area contributed by atoms with Crippen LogP contribution in [-0.2, 0) is 11.3 Å². The van der Waals surface area contributed by atoms with E-state index in [1.54, 1.807) is 0 Å². The molecule has 1 heterocycles. The number of Topliss-reactive ketones (excluding diaryl/α,β-unsaturated/α-hetero) is 1. The number of piperidine rings is 1. The van der Waals surface area contributed by atoms with Gasteiger partial charge < -0.3 is 0 Å². The van der Waals surface area contributed by atoms with Gasteiger partial charge in [-0.05, 0) is 17.5 Å². The molecule has 1 aliphatic rings. The lowest BCUT2D eigenvalue weighted by Gasteiger charge is -2.35. The molecule has 0 saturated carbocycles. The van der Waals surface area contributed by atoms with E-state index >= 15 is 0 Å². The highest BCUT2D eigenvalue weighted by Gasteiger charge is 2.27. The van der Waals surface area contributed by atoms with E-state index in [0.717, 1.165) is 13.0 Å². The van der Waals surface area contributed by atoms with E-state index in [4.69, 9.17) is 0 Å². The third kappa shape index (κ3) is 2.97. The highest BCUT2D eigenvalue weighted by Crippen LogP contribution is 2.30. The lowest BCUT2D eigenvalue weighted by Crippen LogP contribution is -2.37. The maximum Gasteiger partial charge on any atom is 0.146 e. The summed E-state index contributed by atoms with van der Waals surface area (Å²) in [5.74, 6) is 0.355. The van der Waals surface area contributed by atoms with Crippen molar-refractivity contribution >= 4 is 5.78 Å². The summed E-state index contributed by atoms with van der Waals surface area (Å²) in [6.07, 6.45) is 1.63. The molecule has 0 aliphatic carbocycles. The molecule has 0 aromatic heterocycles. The topological polar surface area (TPSA) is 20.3 Å². The van der Waals surface area contributed by atoms with Crippen LogP contribution in [0.25, 0.3) is 0 Å². The third-order valence-corrected chi connectivity index (χ3v) is 3.93. The first-order valence-corrected chi connectivity index (χ1v) is 7.17. The first-order valence-electron chi connectivity index (χ1n) is 7.17. The van der Waals surface area contributed by atoms with Crippen LogP contribution >= 0.6 is 0 Å². The summed E-state index contributed by atoms with van der Waals surface area (Å²) >= 11 is 0. The van der Waals surface area contributed by atoms with Crippen molar-refractivity contribution in [2.75, 3.05) is 6.54 Å². The van der Waals surface area contributed by atoms with Crippen LogP contribution in [0.4, 0.5) is 0 Å². The Balaban J connectivity index is 1.82. The molecule has 1 fully saturated rings. The first-order chi connectivity index (χ1) is 9.83. The fourth-order valence-corrected chi connectivity index (χ4v) is 2.93. The van der Waals surface area contributed by atoms with Gasteiger partial charge in [0, 0.05) is 19.0 Å². The fraction of sp³-hybridized carbons (Fsp3) is 0.278. The molecule has 0 radical (unpaired) electrons. The Hall–Kier alpha value is -1.93. The second-order valence-corrected chi connectivity index (χ2v) is 5.39. The summed E-state index contributed by atoms with van der Waals surface area (Å²) in [5, 5.41) is 0. The van der Waals surface area contributed by atoms with E-state index in [0.29, 0.717) is 24.8 Å². The smallest absolute Gasteiger partial charge is 0.146 e. The van der Waals surface area contributed by atoms with E-state index in [1.807, 2.05) is 12.1 Å². The zero-order valence-electron chi connectivity index (χ0n) is 11.5. The van der Waals surface area contributed by atoms with Gasteiger partial charge in [-0.25, -0.2) is 0 Å². The maximum absolute atomic E-state index is 11.8. The van der Waals surface area contributed by atoms with E-state index in [1.165, 1.54) is 11.1 Å². The van der Waals surface area contributed by atoms with Crippen molar-refractivity contribution in [3.05, 3.63) is 71.8 Å². The van der Waals surface area contributed by atoms with Crippen molar-refractivity contribution in [1.29, 1.82) is 0 Å². The maximum atomic E-state index is 11.8. The molecule has 0 bridgehead atoms. The summed E-state index contributed by atoms with van der Waals surface area (Å²) in [6.45, 7) is 1.40. The van der Waals surface area contributed by atoms with Crippen LogP contribution < -0.4 is 0 Å². The van der Waals surface area contributed by atoms with E-state index in [2.05, 4.69) is 53.4 Å². The predicted octanol–water partition coefficient (Wildman–Crippen LogP) is 3.59. The second-order valence-electron chi connectivity index (χ2n) is 5.39. The van der Waals surface area contributed by atoms with Gasteiger partial charge in [-0.15, -0.1) is 0 Å². The van der Waals surface area contributed by atoms with Crippen LogP contribution in [0.2, 0.25) is 0 Å². The van der Waals surface area contributed by atoms with E-state index in [-0.39, 0.29) is 0 Å². The van der Waals surface area contributed by atoms with Crippen LogP contribution in [0.15, 0.2) is 60.7 Å². The summed E-state index contributed by atoms with van der Waals surface area (Å²) < 4.78 is 0. The largest absolute Gasteiger partial charge is 0.298 e. The molecule has 1 unspecified atom stereocenters. The molecule has 20 heavy (non-hydrogen) atoms. The van der Waals surface area contributed by atoms with Crippen LogP contribution in [0.3, 0.4) is 0 Å². The molecule has 1 aliphatic heterocycles. The summed E-state index contributed by atoms with van der Waals surface area (Å²) in [5.41, 5.74) is 2.58. The number of hydrogen-bond acceptors (Lipinski definition) is 2. The number of carbonyl (C=O) groups is 1. The van der Waals surface area contributed by atoms with E-state index < -0.39 is 0 Å². The van der Waals surface area contributed by atoms with Crippen LogP contribution in [0.1, 0.15) is 30.0 Å². The van der Waals surface area contributed by atoms with Crippen LogP contribution in [0.5, 0.6) is 0 Å². The summed E-state index contributed by atoms with van der Waals surface area (Å²) in [7, 11) is 0. The van der Waals surface area contributed by atoms with Crippen molar-refractivity contribution in [2.24, 2.45) is 0 Å². The first kappa shape index (κ1) is 13.1. The minimum Gasteiger partial charge on any atom is -0.298 e. The standard InChI is InChI=1S/C18H19NO/c20-17-11-12-18(16-9-5-2-6-10-16)19(14-17)13-15-7-3-1-4-8-15/h1-10,18H,11-14H2. The summed E-state index contributed by atoms with van der Waals surface area (Å²) in [6, 6.07) is 21.3. The minimum atomic E-state index is 0.355. The van der Waals surface area contributed by atoms with Gasteiger partial charge in [0.2, 0.25) is 0 Å². The molecule has 0 amide bonds. The van der Waals surface area contributed by atoms with Gasteiger partial charge in [0.15, 0.2) is 0 Å².